The highest BCUT2D eigenvalue weighted by molar-refractivity contribution is 6.76. The van der Waals surface area contributed by atoms with Gasteiger partial charge in [-0.2, -0.15) is 0 Å². The molecule has 1 amide bonds. The third-order valence-electron chi connectivity index (χ3n) is 4.28. The molecule has 0 saturated heterocycles. The van der Waals surface area contributed by atoms with Crippen molar-refractivity contribution in [2.45, 2.75) is 58.7 Å². The highest BCUT2D eigenvalue weighted by Gasteiger charge is 2.22. The first-order valence-electron chi connectivity index (χ1n) is 12.7. The number of aromatic nitrogens is 3. The zero-order valence-electron chi connectivity index (χ0n) is 24.0. The molecule has 0 bridgehead atoms. The lowest BCUT2D eigenvalue weighted by molar-refractivity contribution is 0.0886. The molecule has 0 aliphatic rings. The van der Waals surface area contributed by atoms with Crippen LogP contribution >= 0.6 is 0 Å². The van der Waals surface area contributed by atoms with Crippen LogP contribution in [0.2, 0.25) is 27.1 Å². The number of hydrogen-bond acceptors (Lipinski definition) is 5. The number of carbonyl (C=O) groups excluding carboxylic acids is 1. The summed E-state index contributed by atoms with van der Waals surface area (Å²) in [7, 11) is -1.26. The lowest BCUT2D eigenvalue weighted by Crippen LogP contribution is -2.40. The second-order valence-corrected chi connectivity index (χ2v) is 15.2. The van der Waals surface area contributed by atoms with Crippen LogP contribution in [0.5, 0.6) is 0 Å². The Hall–Kier alpha value is -2.71. The maximum Gasteiger partial charge on any atom is 0.255 e. The third kappa shape index (κ3) is 6.63. The van der Waals surface area contributed by atoms with E-state index in [1.165, 1.54) is 12.3 Å². The van der Waals surface area contributed by atoms with Crippen LogP contribution in [-0.4, -0.2) is 40.7 Å². The van der Waals surface area contributed by atoms with Gasteiger partial charge < -0.3 is 19.9 Å². The van der Waals surface area contributed by atoms with Gasteiger partial charge in [0, 0.05) is 32.1 Å². The first kappa shape index (κ1) is 16.9. The summed E-state index contributed by atoms with van der Waals surface area (Å²) in [5.41, 5.74) is 0.380. The predicted octanol–water partition coefficient (Wildman–Crippen LogP) is 5.02. The van der Waals surface area contributed by atoms with Gasteiger partial charge in [-0.05, 0) is 38.9 Å². The van der Waals surface area contributed by atoms with E-state index in [2.05, 4.69) is 34.9 Å². The van der Waals surface area contributed by atoms with Crippen molar-refractivity contribution in [1.82, 2.24) is 19.9 Å². The lowest BCUT2D eigenvalue weighted by atomic mass is 10.1. The topological polar surface area (TPSA) is 81.1 Å². The number of rotatable bonds is 8. The van der Waals surface area contributed by atoms with Crippen molar-refractivity contribution in [3.05, 3.63) is 48.2 Å². The van der Waals surface area contributed by atoms with Gasteiger partial charge in [0.05, 0.1) is 17.2 Å². The molecular formula is C23H33N5O2Si. The van der Waals surface area contributed by atoms with E-state index in [1.807, 2.05) is 20.8 Å². The molecule has 0 saturated carbocycles. The molecule has 2 aromatic heterocycles. The second kappa shape index (κ2) is 9.19. The van der Waals surface area contributed by atoms with E-state index in [1.54, 1.807) is 10.8 Å². The summed E-state index contributed by atoms with van der Waals surface area (Å²) < 4.78 is 47.7. The number of carbonyl (C=O) groups is 1. The molecule has 8 heteroatoms. The summed E-state index contributed by atoms with van der Waals surface area (Å²) in [6, 6.07) is 0.694. The highest BCUT2D eigenvalue weighted by Crippen LogP contribution is 2.22. The number of benzene rings is 1. The zero-order valence-corrected chi connectivity index (χ0v) is 20.0. The monoisotopic (exact) mass is 444 g/mol. The number of amides is 1. The first-order valence-corrected chi connectivity index (χ1v) is 13.9. The maximum atomic E-state index is 13.1. The van der Waals surface area contributed by atoms with Crippen LogP contribution in [0.4, 0.5) is 11.5 Å². The van der Waals surface area contributed by atoms with E-state index < -0.39 is 19.7 Å². The van der Waals surface area contributed by atoms with Crippen LogP contribution in [0, 0.1) is 0 Å². The minimum Gasteiger partial charge on any atom is -0.361 e. The molecule has 0 aliphatic carbocycles. The van der Waals surface area contributed by atoms with Crippen LogP contribution in [0.1, 0.15) is 36.6 Å². The van der Waals surface area contributed by atoms with Crippen molar-refractivity contribution >= 4 is 36.7 Å². The highest BCUT2D eigenvalue weighted by atomic mass is 28.3. The predicted molar refractivity (Wildman–Crippen MR) is 129 cm³/mol. The van der Waals surface area contributed by atoms with Gasteiger partial charge in [-0.15, -0.1) is 0 Å². The van der Waals surface area contributed by atoms with E-state index >= 15 is 0 Å². The van der Waals surface area contributed by atoms with Gasteiger partial charge in [-0.3, -0.25) is 4.79 Å². The largest absolute Gasteiger partial charge is 0.361 e. The van der Waals surface area contributed by atoms with Crippen molar-refractivity contribution in [3.8, 4) is 0 Å². The Morgan fingerprint density at radius 1 is 1.29 bits per heavy atom. The van der Waals surface area contributed by atoms with E-state index in [-0.39, 0.29) is 53.4 Å². The smallest absolute Gasteiger partial charge is 0.255 e. The molecule has 3 rings (SSSR count). The molecule has 0 atom stereocenters. The molecule has 7 nitrogen and oxygen atoms in total. The standard InChI is InChI=1S/C23H33N5O2Si/c1-23(2,3)27-22(29)18-15-28(16-30-12-13-31(4,5)6)21-20(18)26-19(14-24-21)25-17-10-8-7-9-11-17/h7-11,14-15H,12-13,16H2,1-6H3,(H,25,26)(H,27,29)/i7D,8D,9D,10D/hD. The molecule has 2 heterocycles. The maximum absolute atomic E-state index is 13.1. The lowest BCUT2D eigenvalue weighted by Gasteiger charge is -2.20. The van der Waals surface area contributed by atoms with E-state index in [9.17, 15) is 4.79 Å². The number of hydrogen-bond donors (Lipinski definition) is 2. The summed E-state index contributed by atoms with van der Waals surface area (Å²) in [5.74, 6) is -0.340. The van der Waals surface area contributed by atoms with Crippen LogP contribution < -0.4 is 10.6 Å². The fourth-order valence-electron chi connectivity index (χ4n) is 2.77. The van der Waals surface area contributed by atoms with Gasteiger partial charge in [0.15, 0.2) is 7.06 Å². The van der Waals surface area contributed by atoms with Crippen molar-refractivity contribution in [2.75, 3.05) is 11.9 Å². The van der Waals surface area contributed by atoms with Crippen molar-refractivity contribution in [2.24, 2.45) is 0 Å². The number of anilines is 2. The van der Waals surface area contributed by atoms with Crippen molar-refractivity contribution in [3.63, 3.8) is 0 Å². The number of nitrogens with zero attached hydrogens (tertiary/aromatic N) is 3. The Balaban J connectivity index is 2.03. The van der Waals surface area contributed by atoms with Crippen LogP contribution in [0.15, 0.2) is 42.6 Å². The first-order chi connectivity index (χ1) is 16.6. The zero-order chi connectivity index (χ0) is 27.0. The number of para-hydroxylation sites is 1. The Morgan fingerprint density at radius 3 is 2.77 bits per heavy atom. The normalized spacial score (nSPS) is 14.5. The molecule has 0 radical (unpaired) electrons. The number of nitrogens with one attached hydrogen (secondary N) is 2. The SMILES string of the molecule is [2H]c1cc(N([2H])c2cnc3c(n2)c(C(=O)NC(C)(C)C)cn3COCC[Si](C)(C)C)c([2H])c([2H])c1[2H]. The fourth-order valence-corrected chi connectivity index (χ4v) is 3.52. The van der Waals surface area contributed by atoms with Gasteiger partial charge in [0.2, 0.25) is 0 Å². The average Bonchev–Trinajstić information content (AvgIpc) is 3.13. The summed E-state index contributed by atoms with van der Waals surface area (Å²) in [6.45, 7) is 13.2. The summed E-state index contributed by atoms with van der Waals surface area (Å²) in [4.78, 5) is 22.0. The summed E-state index contributed by atoms with van der Waals surface area (Å²) in [5, 5.41) is 3.71. The Labute approximate surface area is 192 Å². The number of fused-ring (bicyclic) bond motifs is 1. The fraction of sp³-hybridized carbons (Fsp3) is 0.435. The van der Waals surface area contributed by atoms with E-state index in [0.717, 1.165) is 11.4 Å². The Morgan fingerprint density at radius 2 is 2.06 bits per heavy atom. The second-order valence-electron chi connectivity index (χ2n) is 9.63. The molecule has 0 fully saturated rings. The van der Waals surface area contributed by atoms with Crippen LogP contribution in [0.3, 0.4) is 0 Å². The minimum absolute atomic E-state index is 0.00902. The molecule has 3 aromatic rings. The van der Waals surface area contributed by atoms with E-state index in [4.69, 9.17) is 11.6 Å². The van der Waals surface area contributed by atoms with Crippen LogP contribution in [-0.2, 0) is 11.5 Å². The minimum atomic E-state index is -1.26. The molecule has 0 spiro atoms. The van der Waals surface area contributed by atoms with Gasteiger partial charge in [-0.1, -0.05) is 37.8 Å². The third-order valence-corrected chi connectivity index (χ3v) is 5.99. The van der Waals surface area contributed by atoms with Crippen LogP contribution in [0.25, 0.3) is 11.2 Å². The molecule has 31 heavy (non-hydrogen) atoms. The molecule has 2 N–H and O–H groups in total. The van der Waals surface area contributed by atoms with Gasteiger partial charge in [0.25, 0.3) is 5.91 Å². The van der Waals surface area contributed by atoms with Crippen molar-refractivity contribution in [1.29, 1.82) is 0 Å². The molecule has 0 aliphatic heterocycles. The summed E-state index contributed by atoms with van der Waals surface area (Å²) in [6.07, 6.45) is 2.97. The van der Waals surface area contributed by atoms with Gasteiger partial charge in [-0.25, -0.2) is 9.97 Å². The van der Waals surface area contributed by atoms with Gasteiger partial charge >= 0.3 is 0 Å². The molecular weight excluding hydrogens is 406 g/mol. The Kier molecular flexibility index (Phi) is 5.02. The quantitative estimate of drug-likeness (QED) is 0.377. The molecule has 1 aromatic carbocycles. The molecule has 0 unspecified atom stereocenters. The Bertz CT molecular complexity index is 1290. The summed E-state index contributed by atoms with van der Waals surface area (Å²) >= 11 is 0. The molecule has 166 valence electrons. The van der Waals surface area contributed by atoms with E-state index in [0.29, 0.717) is 12.3 Å². The van der Waals surface area contributed by atoms with Gasteiger partial charge in [0.1, 0.15) is 18.1 Å². The van der Waals surface area contributed by atoms with Crippen molar-refractivity contribution < 1.29 is 16.4 Å². The number of ether oxygens (including phenoxy) is 1. The average molecular weight is 445 g/mol.